The standard InChI is InChI=1S/C12H11ClF3NO3/c1-11(2,10(19)20)17(9(18)12(14,15)16)8-5-3-7(13)4-6-8/h3-6H,1-2H3,(H,19,20). The van der Waals surface area contributed by atoms with Gasteiger partial charge in [-0.15, -0.1) is 0 Å². The van der Waals surface area contributed by atoms with Crippen LogP contribution in [0.3, 0.4) is 0 Å². The van der Waals surface area contributed by atoms with E-state index in [-0.39, 0.29) is 15.6 Å². The molecule has 0 fully saturated rings. The summed E-state index contributed by atoms with van der Waals surface area (Å²) in [6, 6.07) is 4.84. The molecular formula is C12H11ClF3NO3. The lowest BCUT2D eigenvalue weighted by Crippen LogP contribution is -2.57. The maximum atomic E-state index is 12.6. The highest BCUT2D eigenvalue weighted by Gasteiger charge is 2.50. The molecule has 4 nitrogen and oxygen atoms in total. The summed E-state index contributed by atoms with van der Waals surface area (Å²) in [7, 11) is 0. The average molecular weight is 310 g/mol. The zero-order valence-corrected chi connectivity index (χ0v) is 11.3. The zero-order chi connectivity index (χ0) is 15.7. The van der Waals surface area contributed by atoms with Gasteiger partial charge in [-0.3, -0.25) is 9.69 Å². The molecule has 20 heavy (non-hydrogen) atoms. The topological polar surface area (TPSA) is 57.6 Å². The molecule has 1 amide bonds. The molecule has 1 N–H and O–H groups in total. The minimum Gasteiger partial charge on any atom is -0.480 e. The van der Waals surface area contributed by atoms with Crippen LogP contribution < -0.4 is 4.90 Å². The van der Waals surface area contributed by atoms with E-state index in [0.717, 1.165) is 26.0 Å². The van der Waals surface area contributed by atoms with Gasteiger partial charge in [0.1, 0.15) is 5.54 Å². The Morgan fingerprint density at radius 2 is 1.60 bits per heavy atom. The van der Waals surface area contributed by atoms with Gasteiger partial charge in [-0.05, 0) is 38.1 Å². The number of carboxylic acids is 1. The predicted molar refractivity (Wildman–Crippen MR) is 66.7 cm³/mol. The van der Waals surface area contributed by atoms with Gasteiger partial charge in [0.2, 0.25) is 0 Å². The van der Waals surface area contributed by atoms with Gasteiger partial charge >= 0.3 is 18.1 Å². The van der Waals surface area contributed by atoms with Crippen LogP contribution >= 0.6 is 11.6 Å². The first kappa shape index (κ1) is 16.3. The number of benzene rings is 1. The number of halogens is 4. The summed E-state index contributed by atoms with van der Waals surface area (Å²) in [4.78, 5) is 22.8. The number of nitrogens with zero attached hydrogens (tertiary/aromatic N) is 1. The molecule has 1 aromatic rings. The Labute approximate surface area is 117 Å². The molecule has 0 saturated carbocycles. The van der Waals surface area contributed by atoms with Crippen LogP contribution in [0.4, 0.5) is 18.9 Å². The van der Waals surface area contributed by atoms with Gasteiger partial charge in [0.05, 0.1) is 0 Å². The van der Waals surface area contributed by atoms with Crippen LogP contribution in [-0.2, 0) is 9.59 Å². The lowest BCUT2D eigenvalue weighted by Gasteiger charge is -2.35. The number of hydrogen-bond donors (Lipinski definition) is 1. The first-order valence-corrected chi connectivity index (χ1v) is 5.76. The molecule has 0 aromatic heterocycles. The fourth-order valence-electron chi connectivity index (χ4n) is 1.51. The van der Waals surface area contributed by atoms with E-state index in [1.54, 1.807) is 0 Å². The Balaban J connectivity index is 3.39. The van der Waals surface area contributed by atoms with Gasteiger partial charge in [0.15, 0.2) is 0 Å². The van der Waals surface area contributed by atoms with Gasteiger partial charge in [0.25, 0.3) is 0 Å². The highest BCUT2D eigenvalue weighted by Crippen LogP contribution is 2.31. The van der Waals surface area contributed by atoms with Crippen LogP contribution in [0.25, 0.3) is 0 Å². The van der Waals surface area contributed by atoms with E-state index in [4.69, 9.17) is 16.7 Å². The third-order valence-electron chi connectivity index (χ3n) is 2.61. The normalized spacial score (nSPS) is 12.1. The largest absolute Gasteiger partial charge is 0.480 e. The fraction of sp³-hybridized carbons (Fsp3) is 0.333. The predicted octanol–water partition coefficient (Wildman–Crippen LogP) is 3.10. The third kappa shape index (κ3) is 3.22. The molecule has 0 aliphatic rings. The second kappa shape index (κ2) is 5.32. The highest BCUT2D eigenvalue weighted by atomic mass is 35.5. The SMILES string of the molecule is CC(C)(C(=O)O)N(C(=O)C(F)(F)F)c1ccc(Cl)cc1. The summed E-state index contributed by atoms with van der Waals surface area (Å²) in [6.45, 7) is 2.02. The lowest BCUT2D eigenvalue weighted by atomic mass is 10.0. The van der Waals surface area contributed by atoms with Crippen molar-refractivity contribution < 1.29 is 27.9 Å². The highest BCUT2D eigenvalue weighted by molar-refractivity contribution is 6.30. The number of carboxylic acid groups (broad SMARTS) is 1. The monoisotopic (exact) mass is 309 g/mol. The van der Waals surface area contributed by atoms with Crippen molar-refractivity contribution in [2.24, 2.45) is 0 Å². The molecular weight excluding hydrogens is 299 g/mol. The Hall–Kier alpha value is -1.76. The maximum absolute atomic E-state index is 12.6. The summed E-state index contributed by atoms with van der Waals surface area (Å²) in [6.07, 6.45) is -5.19. The number of carbonyl (C=O) groups is 2. The second-order valence-corrected chi connectivity index (χ2v) is 4.92. The number of aliphatic carboxylic acids is 1. The van der Waals surface area contributed by atoms with Gasteiger partial charge in [-0.2, -0.15) is 13.2 Å². The van der Waals surface area contributed by atoms with Crippen LogP contribution in [0.5, 0.6) is 0 Å². The molecule has 1 rings (SSSR count). The van der Waals surface area contributed by atoms with Gasteiger partial charge in [-0.1, -0.05) is 11.6 Å². The minimum atomic E-state index is -5.19. The molecule has 110 valence electrons. The van der Waals surface area contributed by atoms with Gasteiger partial charge < -0.3 is 5.11 Å². The smallest absolute Gasteiger partial charge is 0.471 e. The number of amides is 1. The molecule has 0 spiro atoms. The molecule has 1 aromatic carbocycles. The van der Waals surface area contributed by atoms with E-state index in [1.165, 1.54) is 12.1 Å². The fourth-order valence-corrected chi connectivity index (χ4v) is 1.63. The van der Waals surface area contributed by atoms with Crippen LogP contribution in [0.15, 0.2) is 24.3 Å². The Kier molecular flexibility index (Phi) is 4.33. The summed E-state index contributed by atoms with van der Waals surface area (Å²) >= 11 is 5.62. The number of rotatable bonds is 3. The zero-order valence-electron chi connectivity index (χ0n) is 10.5. The first-order valence-electron chi connectivity index (χ1n) is 5.38. The quantitative estimate of drug-likeness (QED) is 0.933. The Bertz CT molecular complexity index is 526. The molecule has 0 bridgehead atoms. The van der Waals surface area contributed by atoms with Crippen molar-refractivity contribution in [3.8, 4) is 0 Å². The van der Waals surface area contributed by atoms with Crippen molar-refractivity contribution in [3.63, 3.8) is 0 Å². The van der Waals surface area contributed by atoms with Crippen molar-refractivity contribution in [2.75, 3.05) is 4.90 Å². The lowest BCUT2D eigenvalue weighted by molar-refractivity contribution is -0.173. The molecule has 0 unspecified atom stereocenters. The van der Waals surface area contributed by atoms with E-state index >= 15 is 0 Å². The van der Waals surface area contributed by atoms with E-state index in [0.29, 0.717) is 0 Å². The second-order valence-electron chi connectivity index (χ2n) is 4.48. The average Bonchev–Trinajstić information content (AvgIpc) is 2.30. The van der Waals surface area contributed by atoms with Crippen LogP contribution in [0.1, 0.15) is 13.8 Å². The van der Waals surface area contributed by atoms with Crippen molar-refractivity contribution in [3.05, 3.63) is 29.3 Å². The third-order valence-corrected chi connectivity index (χ3v) is 2.86. The van der Waals surface area contributed by atoms with Crippen LogP contribution in [-0.4, -0.2) is 28.7 Å². The van der Waals surface area contributed by atoms with Crippen LogP contribution in [0, 0.1) is 0 Å². The number of carbonyl (C=O) groups excluding carboxylic acids is 1. The summed E-state index contributed by atoms with van der Waals surface area (Å²) in [5.74, 6) is -3.82. The number of hydrogen-bond acceptors (Lipinski definition) is 2. The minimum absolute atomic E-state index is 0.186. The van der Waals surface area contributed by atoms with Crippen molar-refractivity contribution >= 4 is 29.2 Å². The maximum Gasteiger partial charge on any atom is 0.471 e. The van der Waals surface area contributed by atoms with Crippen LogP contribution in [0.2, 0.25) is 5.02 Å². The van der Waals surface area contributed by atoms with E-state index < -0.39 is 23.6 Å². The number of anilines is 1. The first-order chi connectivity index (χ1) is 8.98. The summed E-state index contributed by atoms with van der Waals surface area (Å²) in [5, 5.41) is 9.31. The molecule has 0 radical (unpaired) electrons. The van der Waals surface area contributed by atoms with Crippen molar-refractivity contribution in [1.82, 2.24) is 0 Å². The number of alkyl halides is 3. The van der Waals surface area contributed by atoms with E-state index in [9.17, 15) is 22.8 Å². The molecule has 0 aliphatic carbocycles. The van der Waals surface area contributed by atoms with E-state index in [2.05, 4.69) is 0 Å². The molecule has 8 heteroatoms. The summed E-state index contributed by atoms with van der Waals surface area (Å²) < 4.78 is 37.9. The molecule has 0 saturated heterocycles. The van der Waals surface area contributed by atoms with Gasteiger partial charge in [0, 0.05) is 10.7 Å². The van der Waals surface area contributed by atoms with Crippen molar-refractivity contribution in [1.29, 1.82) is 0 Å². The molecule has 0 atom stereocenters. The Morgan fingerprint density at radius 3 is 1.95 bits per heavy atom. The molecule has 0 heterocycles. The Morgan fingerprint density at radius 1 is 1.15 bits per heavy atom. The van der Waals surface area contributed by atoms with E-state index in [1.807, 2.05) is 0 Å². The van der Waals surface area contributed by atoms with Crippen molar-refractivity contribution in [2.45, 2.75) is 25.6 Å². The van der Waals surface area contributed by atoms with Gasteiger partial charge in [-0.25, -0.2) is 4.79 Å². The summed E-state index contributed by atoms with van der Waals surface area (Å²) in [5.41, 5.74) is -2.27. The molecule has 0 aliphatic heterocycles.